The minimum Gasteiger partial charge on any atom is -0.460 e. The smallest absolute Gasteiger partial charge is 0.348 e. The van der Waals surface area contributed by atoms with Gasteiger partial charge < -0.3 is 9.47 Å². The van der Waals surface area contributed by atoms with Crippen molar-refractivity contribution in [2.75, 3.05) is 6.61 Å². The summed E-state index contributed by atoms with van der Waals surface area (Å²) in [5.41, 5.74) is 1.66. The maximum absolute atomic E-state index is 12.7. The molecule has 1 fully saturated rings. The number of fused-ring (bicyclic) bond motifs is 1. The van der Waals surface area contributed by atoms with Crippen LogP contribution in [0.15, 0.2) is 30.3 Å². The molecule has 3 aromatic rings. The highest BCUT2D eigenvalue weighted by atomic mass is 35.5. The lowest BCUT2D eigenvalue weighted by atomic mass is 9.75. The third-order valence-corrected chi connectivity index (χ3v) is 7.72. The Balaban J connectivity index is 1.42. The number of hydrogen-bond donors (Lipinski definition) is 0. The van der Waals surface area contributed by atoms with E-state index < -0.39 is 11.9 Å². The van der Waals surface area contributed by atoms with Gasteiger partial charge in [0.2, 0.25) is 0 Å². The highest BCUT2D eigenvalue weighted by molar-refractivity contribution is 7.20. The Hall–Kier alpha value is -2.38. The van der Waals surface area contributed by atoms with Crippen molar-refractivity contribution >= 4 is 45.1 Å². The second-order valence-corrected chi connectivity index (χ2v) is 10.7. The molecule has 2 aromatic heterocycles. The predicted octanol–water partition coefficient (Wildman–Crippen LogP) is 6.21. The van der Waals surface area contributed by atoms with Gasteiger partial charge in [-0.15, -0.1) is 11.3 Å². The zero-order valence-electron chi connectivity index (χ0n) is 19.3. The monoisotopic (exact) mass is 488 g/mol. The number of hydrogen-bond acceptors (Lipinski definition) is 6. The maximum Gasteiger partial charge on any atom is 0.348 e. The number of nitrogens with zero attached hydrogens (tertiary/aromatic N) is 2. The molecule has 0 unspecified atom stereocenters. The molecule has 8 heteroatoms. The minimum absolute atomic E-state index is 0.114. The molecule has 0 N–H and O–H groups in total. The molecule has 3 atom stereocenters. The molecule has 1 aromatic carbocycles. The van der Waals surface area contributed by atoms with Gasteiger partial charge in [-0.2, -0.15) is 5.10 Å². The van der Waals surface area contributed by atoms with Gasteiger partial charge in [-0.25, -0.2) is 14.3 Å². The number of carbonyl (C=O) groups is 2. The van der Waals surface area contributed by atoms with Gasteiger partial charge in [-0.05, 0) is 67.9 Å². The van der Waals surface area contributed by atoms with Crippen molar-refractivity contribution in [1.82, 2.24) is 9.78 Å². The summed E-state index contributed by atoms with van der Waals surface area (Å²) in [7, 11) is 0. The van der Waals surface area contributed by atoms with Crippen molar-refractivity contribution in [3.05, 3.63) is 45.9 Å². The van der Waals surface area contributed by atoms with E-state index in [1.807, 2.05) is 19.1 Å². The summed E-state index contributed by atoms with van der Waals surface area (Å²) in [5, 5.41) is 6.09. The van der Waals surface area contributed by atoms with Crippen LogP contribution in [0.2, 0.25) is 5.02 Å². The molecule has 0 amide bonds. The molecule has 6 nitrogen and oxygen atoms in total. The topological polar surface area (TPSA) is 70.4 Å². The lowest BCUT2D eigenvalue weighted by Gasteiger charge is -2.36. The summed E-state index contributed by atoms with van der Waals surface area (Å²) in [5.74, 6) is 0.301. The van der Waals surface area contributed by atoms with Crippen LogP contribution in [0.1, 0.15) is 55.4 Å². The average Bonchev–Trinajstić information content (AvgIpc) is 3.33. The fourth-order valence-corrected chi connectivity index (χ4v) is 5.76. The lowest BCUT2D eigenvalue weighted by molar-refractivity contribution is -0.159. The molecular formula is C25H29ClN2O4S. The van der Waals surface area contributed by atoms with Crippen LogP contribution in [0.4, 0.5) is 0 Å². The summed E-state index contributed by atoms with van der Waals surface area (Å²) < 4.78 is 12.8. The second-order valence-electron chi connectivity index (χ2n) is 9.23. The number of aromatic nitrogens is 2. The normalized spacial score (nSPS) is 20.8. The zero-order chi connectivity index (χ0) is 23.7. The highest BCUT2D eigenvalue weighted by Crippen LogP contribution is 2.35. The van der Waals surface area contributed by atoms with Crippen LogP contribution in [0.5, 0.6) is 0 Å². The number of ether oxygens (including phenoxy) is 2. The molecule has 2 heterocycles. The van der Waals surface area contributed by atoms with Crippen LogP contribution in [0.3, 0.4) is 0 Å². The van der Waals surface area contributed by atoms with E-state index in [0.717, 1.165) is 40.9 Å². The minimum atomic E-state index is -0.535. The summed E-state index contributed by atoms with van der Waals surface area (Å²) in [6, 6.07) is 9.10. The molecule has 0 radical (unpaired) electrons. The van der Waals surface area contributed by atoms with Gasteiger partial charge >= 0.3 is 11.9 Å². The Bertz CT molecular complexity index is 1150. The summed E-state index contributed by atoms with van der Waals surface area (Å²) in [6.45, 7) is 8.02. The van der Waals surface area contributed by atoms with Crippen LogP contribution in [-0.4, -0.2) is 34.4 Å². The van der Waals surface area contributed by atoms with E-state index >= 15 is 0 Å². The van der Waals surface area contributed by atoms with E-state index in [-0.39, 0.29) is 12.7 Å². The number of rotatable bonds is 6. The number of halogens is 1. The first-order valence-electron chi connectivity index (χ1n) is 11.3. The van der Waals surface area contributed by atoms with Crippen molar-refractivity contribution in [3.8, 4) is 5.69 Å². The summed E-state index contributed by atoms with van der Waals surface area (Å²) in [6.07, 6.45) is 2.96. The summed E-state index contributed by atoms with van der Waals surface area (Å²) >= 11 is 7.28. The van der Waals surface area contributed by atoms with E-state index in [1.54, 1.807) is 22.9 Å². The van der Waals surface area contributed by atoms with Gasteiger partial charge in [-0.3, -0.25) is 0 Å². The standard InChI is InChI=1S/C25H29ClN2O4S/c1-14(2)19-10-5-15(3)11-21(19)32-23(29)13-31-25(30)22-12-20-16(4)27-28(24(20)33-22)18-8-6-17(26)7-9-18/h6-9,12,14-15,19,21H,5,10-11,13H2,1-4H3/t15-,19-,21+/m0/s1. The van der Waals surface area contributed by atoms with Gasteiger partial charge in [0.15, 0.2) is 6.61 Å². The molecule has 0 spiro atoms. The molecule has 176 valence electrons. The van der Waals surface area contributed by atoms with E-state index in [4.69, 9.17) is 21.1 Å². The van der Waals surface area contributed by atoms with Crippen molar-refractivity contribution in [2.45, 2.75) is 53.1 Å². The van der Waals surface area contributed by atoms with Crippen LogP contribution < -0.4 is 0 Å². The fraction of sp³-hybridized carbons (Fsp3) is 0.480. The van der Waals surface area contributed by atoms with Crippen molar-refractivity contribution < 1.29 is 19.1 Å². The summed E-state index contributed by atoms with van der Waals surface area (Å²) in [4.78, 5) is 26.4. The van der Waals surface area contributed by atoms with Crippen LogP contribution >= 0.6 is 22.9 Å². The SMILES string of the molecule is Cc1nn(-c2ccc(Cl)cc2)c2sc(C(=O)OCC(=O)O[C@@H]3C[C@@H](C)CC[C@H]3C(C)C)cc12. The van der Waals surface area contributed by atoms with E-state index in [9.17, 15) is 9.59 Å². The third-order valence-electron chi connectivity index (χ3n) is 6.38. The molecule has 1 aliphatic carbocycles. The predicted molar refractivity (Wildman–Crippen MR) is 130 cm³/mol. The van der Waals surface area contributed by atoms with E-state index in [0.29, 0.717) is 27.7 Å². The van der Waals surface area contributed by atoms with Crippen LogP contribution in [0, 0.1) is 24.7 Å². The number of aryl methyl sites for hydroxylation is 1. The Morgan fingerprint density at radius 3 is 2.67 bits per heavy atom. The first-order valence-corrected chi connectivity index (χ1v) is 12.5. The maximum atomic E-state index is 12.7. The van der Waals surface area contributed by atoms with E-state index in [1.165, 1.54) is 11.3 Å². The Labute approximate surface area is 202 Å². The third kappa shape index (κ3) is 5.25. The van der Waals surface area contributed by atoms with Crippen LogP contribution in [-0.2, 0) is 14.3 Å². The van der Waals surface area contributed by atoms with Crippen molar-refractivity contribution in [3.63, 3.8) is 0 Å². The first kappa shape index (κ1) is 23.8. The largest absolute Gasteiger partial charge is 0.460 e. The Kier molecular flexibility index (Phi) is 7.10. The molecule has 1 aliphatic rings. The van der Waals surface area contributed by atoms with E-state index in [2.05, 4.69) is 25.9 Å². The Morgan fingerprint density at radius 1 is 1.24 bits per heavy atom. The number of benzene rings is 1. The van der Waals surface area contributed by atoms with Gasteiger partial charge in [0.05, 0.1) is 11.4 Å². The number of thiophene rings is 1. The molecule has 33 heavy (non-hydrogen) atoms. The highest BCUT2D eigenvalue weighted by Gasteiger charge is 2.33. The number of carbonyl (C=O) groups excluding carboxylic acids is 2. The zero-order valence-corrected chi connectivity index (χ0v) is 20.9. The van der Waals surface area contributed by atoms with Gasteiger partial charge in [0.25, 0.3) is 0 Å². The molecule has 1 saturated carbocycles. The van der Waals surface area contributed by atoms with Gasteiger partial charge in [-0.1, -0.05) is 38.8 Å². The van der Waals surface area contributed by atoms with Gasteiger partial charge in [0, 0.05) is 10.4 Å². The van der Waals surface area contributed by atoms with Gasteiger partial charge in [0.1, 0.15) is 15.8 Å². The molecule has 0 aliphatic heterocycles. The molecular weight excluding hydrogens is 460 g/mol. The molecule has 4 rings (SSSR count). The Morgan fingerprint density at radius 2 is 1.97 bits per heavy atom. The van der Waals surface area contributed by atoms with Crippen molar-refractivity contribution in [1.29, 1.82) is 0 Å². The van der Waals surface area contributed by atoms with Crippen LogP contribution in [0.25, 0.3) is 15.9 Å². The molecule has 0 saturated heterocycles. The lowest BCUT2D eigenvalue weighted by Crippen LogP contribution is -2.36. The first-order chi connectivity index (χ1) is 15.7. The molecule has 0 bridgehead atoms. The number of esters is 2. The average molecular weight is 489 g/mol. The second kappa shape index (κ2) is 9.85. The quantitative estimate of drug-likeness (QED) is 0.386. The fourth-order valence-electron chi connectivity index (χ4n) is 4.55. The van der Waals surface area contributed by atoms with Crippen molar-refractivity contribution in [2.24, 2.45) is 17.8 Å².